The third-order valence-electron chi connectivity index (χ3n) is 4.87. The fraction of sp³-hybridized carbons (Fsp3) is 0.333. The highest BCUT2D eigenvalue weighted by Gasteiger charge is 2.36. The van der Waals surface area contributed by atoms with Crippen molar-refractivity contribution < 1.29 is 14.3 Å². The fourth-order valence-electron chi connectivity index (χ4n) is 3.15. The SMILES string of the molecule is Cc1ccc(N2C[C@@H](C(=O)Oc3c(C)cccc3C)CC2=O)cc1C. The molecule has 4 heteroatoms. The lowest BCUT2D eigenvalue weighted by Gasteiger charge is -2.18. The number of esters is 1. The highest BCUT2D eigenvalue weighted by Crippen LogP contribution is 2.29. The highest BCUT2D eigenvalue weighted by atomic mass is 16.5. The molecule has 2 aromatic rings. The number of aryl methyl sites for hydroxylation is 4. The molecule has 2 aromatic carbocycles. The summed E-state index contributed by atoms with van der Waals surface area (Å²) in [5, 5.41) is 0. The number of rotatable bonds is 3. The van der Waals surface area contributed by atoms with Crippen LogP contribution in [-0.2, 0) is 9.59 Å². The Hall–Kier alpha value is -2.62. The van der Waals surface area contributed by atoms with Gasteiger partial charge < -0.3 is 9.64 Å². The van der Waals surface area contributed by atoms with Crippen molar-refractivity contribution in [1.29, 1.82) is 0 Å². The summed E-state index contributed by atoms with van der Waals surface area (Å²) in [6.45, 7) is 8.25. The maximum Gasteiger partial charge on any atom is 0.316 e. The second-order valence-corrected chi connectivity index (χ2v) is 6.82. The molecule has 1 heterocycles. The minimum Gasteiger partial charge on any atom is -0.426 e. The number of para-hydroxylation sites is 1. The molecule has 1 aliphatic rings. The molecule has 130 valence electrons. The molecule has 0 aliphatic carbocycles. The van der Waals surface area contributed by atoms with Gasteiger partial charge in [-0.1, -0.05) is 24.3 Å². The van der Waals surface area contributed by atoms with Crippen molar-refractivity contribution in [3.63, 3.8) is 0 Å². The van der Waals surface area contributed by atoms with E-state index < -0.39 is 5.92 Å². The Balaban J connectivity index is 1.75. The number of ether oxygens (including phenoxy) is 1. The number of hydrogen-bond acceptors (Lipinski definition) is 3. The Labute approximate surface area is 148 Å². The molecule has 0 spiro atoms. The van der Waals surface area contributed by atoms with Crippen LogP contribution < -0.4 is 9.64 Å². The van der Waals surface area contributed by atoms with E-state index in [0.717, 1.165) is 22.4 Å². The highest BCUT2D eigenvalue weighted by molar-refractivity contribution is 5.99. The Morgan fingerprint density at radius 3 is 2.32 bits per heavy atom. The molecule has 1 aliphatic heterocycles. The standard InChI is InChI=1S/C21H23NO3/c1-13-8-9-18(10-16(13)4)22-12-17(11-19(22)23)21(24)25-20-14(2)6-5-7-15(20)3/h5-10,17H,11-12H2,1-4H3/t17-/m0/s1. The molecule has 1 fully saturated rings. The van der Waals surface area contributed by atoms with Crippen molar-refractivity contribution >= 4 is 17.6 Å². The maximum absolute atomic E-state index is 12.6. The number of benzene rings is 2. The van der Waals surface area contributed by atoms with Crippen molar-refractivity contribution in [2.24, 2.45) is 5.92 Å². The molecule has 4 nitrogen and oxygen atoms in total. The summed E-state index contributed by atoms with van der Waals surface area (Å²) < 4.78 is 5.62. The Bertz CT molecular complexity index is 821. The quantitative estimate of drug-likeness (QED) is 0.631. The van der Waals surface area contributed by atoms with E-state index in [2.05, 4.69) is 0 Å². The predicted molar refractivity (Wildman–Crippen MR) is 97.9 cm³/mol. The van der Waals surface area contributed by atoms with Crippen LogP contribution in [0.5, 0.6) is 5.75 Å². The lowest BCUT2D eigenvalue weighted by molar-refractivity contribution is -0.139. The predicted octanol–water partition coefficient (Wildman–Crippen LogP) is 3.88. The van der Waals surface area contributed by atoms with Crippen LogP contribution in [-0.4, -0.2) is 18.4 Å². The van der Waals surface area contributed by atoms with Gasteiger partial charge in [-0.2, -0.15) is 0 Å². The molecule has 0 unspecified atom stereocenters. The molecule has 0 radical (unpaired) electrons. The lowest BCUT2D eigenvalue weighted by Crippen LogP contribution is -2.27. The second-order valence-electron chi connectivity index (χ2n) is 6.82. The van der Waals surface area contributed by atoms with Crippen LogP contribution in [0.2, 0.25) is 0 Å². The van der Waals surface area contributed by atoms with Crippen LogP contribution in [0.3, 0.4) is 0 Å². The van der Waals surface area contributed by atoms with E-state index in [1.165, 1.54) is 5.56 Å². The van der Waals surface area contributed by atoms with Crippen molar-refractivity contribution in [3.8, 4) is 5.75 Å². The number of anilines is 1. The largest absolute Gasteiger partial charge is 0.426 e. The Kier molecular flexibility index (Phi) is 4.62. The summed E-state index contributed by atoms with van der Waals surface area (Å²) in [5.74, 6) is -0.207. The summed E-state index contributed by atoms with van der Waals surface area (Å²) in [7, 11) is 0. The molecular weight excluding hydrogens is 314 g/mol. The number of amides is 1. The minimum atomic E-state index is -0.437. The van der Waals surface area contributed by atoms with Crippen LogP contribution in [0.1, 0.15) is 28.7 Å². The topological polar surface area (TPSA) is 46.6 Å². The van der Waals surface area contributed by atoms with Crippen LogP contribution in [0.15, 0.2) is 36.4 Å². The van der Waals surface area contributed by atoms with Gasteiger partial charge in [0.25, 0.3) is 0 Å². The monoisotopic (exact) mass is 337 g/mol. The first-order valence-electron chi connectivity index (χ1n) is 8.52. The van der Waals surface area contributed by atoms with Crippen molar-refractivity contribution in [2.75, 3.05) is 11.4 Å². The zero-order chi connectivity index (χ0) is 18.1. The van der Waals surface area contributed by atoms with Crippen molar-refractivity contribution in [3.05, 3.63) is 58.7 Å². The van der Waals surface area contributed by atoms with E-state index in [1.54, 1.807) is 4.90 Å². The molecule has 1 saturated heterocycles. The fourth-order valence-corrected chi connectivity index (χ4v) is 3.15. The normalized spacial score (nSPS) is 17.0. The number of carbonyl (C=O) groups excluding carboxylic acids is 2. The van der Waals surface area contributed by atoms with E-state index in [-0.39, 0.29) is 18.3 Å². The number of hydrogen-bond donors (Lipinski definition) is 0. The van der Waals surface area contributed by atoms with E-state index in [0.29, 0.717) is 12.3 Å². The minimum absolute atomic E-state index is 0.0355. The smallest absolute Gasteiger partial charge is 0.316 e. The zero-order valence-corrected chi connectivity index (χ0v) is 15.1. The molecule has 0 N–H and O–H groups in total. The first kappa shape index (κ1) is 17.2. The average Bonchev–Trinajstić information content (AvgIpc) is 2.95. The van der Waals surface area contributed by atoms with Gasteiger partial charge >= 0.3 is 5.97 Å². The van der Waals surface area contributed by atoms with Gasteiger partial charge in [0.15, 0.2) is 0 Å². The molecule has 3 rings (SSSR count). The summed E-state index contributed by atoms with van der Waals surface area (Å²) in [4.78, 5) is 26.6. The van der Waals surface area contributed by atoms with Gasteiger partial charge in [0.05, 0.1) is 5.92 Å². The molecule has 0 aromatic heterocycles. The number of carbonyl (C=O) groups is 2. The molecule has 25 heavy (non-hydrogen) atoms. The zero-order valence-electron chi connectivity index (χ0n) is 15.1. The van der Waals surface area contributed by atoms with E-state index in [1.807, 2.05) is 64.1 Å². The van der Waals surface area contributed by atoms with E-state index in [9.17, 15) is 9.59 Å². The van der Waals surface area contributed by atoms with E-state index >= 15 is 0 Å². The van der Waals surface area contributed by atoms with Gasteiger partial charge in [-0.05, 0) is 62.1 Å². The van der Waals surface area contributed by atoms with Gasteiger partial charge in [0.1, 0.15) is 5.75 Å². The lowest BCUT2D eigenvalue weighted by atomic mass is 10.1. The summed E-state index contributed by atoms with van der Waals surface area (Å²) >= 11 is 0. The molecular formula is C21H23NO3. The van der Waals surface area contributed by atoms with Crippen LogP contribution in [0.25, 0.3) is 0 Å². The van der Waals surface area contributed by atoms with E-state index in [4.69, 9.17) is 4.74 Å². The van der Waals surface area contributed by atoms with Gasteiger partial charge in [0, 0.05) is 18.7 Å². The summed E-state index contributed by atoms with van der Waals surface area (Å²) in [5.41, 5.74) is 5.00. The van der Waals surface area contributed by atoms with Crippen LogP contribution in [0, 0.1) is 33.6 Å². The molecule has 0 bridgehead atoms. The van der Waals surface area contributed by atoms with Crippen molar-refractivity contribution in [2.45, 2.75) is 34.1 Å². The van der Waals surface area contributed by atoms with Gasteiger partial charge in [-0.15, -0.1) is 0 Å². The molecule has 1 amide bonds. The Morgan fingerprint density at radius 2 is 1.68 bits per heavy atom. The van der Waals surface area contributed by atoms with Gasteiger partial charge in [-0.25, -0.2) is 0 Å². The molecule has 0 saturated carbocycles. The van der Waals surface area contributed by atoms with Crippen LogP contribution in [0.4, 0.5) is 5.69 Å². The first-order valence-corrected chi connectivity index (χ1v) is 8.52. The van der Waals surface area contributed by atoms with Crippen molar-refractivity contribution in [1.82, 2.24) is 0 Å². The third kappa shape index (κ3) is 3.43. The average molecular weight is 337 g/mol. The summed E-state index contributed by atoms with van der Waals surface area (Å²) in [6, 6.07) is 11.7. The van der Waals surface area contributed by atoms with Crippen LogP contribution >= 0.6 is 0 Å². The Morgan fingerprint density at radius 1 is 1.00 bits per heavy atom. The second kappa shape index (κ2) is 6.71. The first-order chi connectivity index (χ1) is 11.9. The maximum atomic E-state index is 12.6. The molecule has 1 atom stereocenters. The summed E-state index contributed by atoms with van der Waals surface area (Å²) in [6.07, 6.45) is 0.191. The van der Waals surface area contributed by atoms with Gasteiger partial charge in [0.2, 0.25) is 5.91 Å². The third-order valence-corrected chi connectivity index (χ3v) is 4.87. The number of nitrogens with zero attached hydrogens (tertiary/aromatic N) is 1. The van der Waals surface area contributed by atoms with Gasteiger partial charge in [-0.3, -0.25) is 9.59 Å².